The molecule has 6 atom stereocenters. The number of nitrogens with zero attached hydrogens (tertiary/aromatic N) is 2. The average Bonchev–Trinajstić information content (AvgIpc) is 4.11. The molecule has 0 spiro atoms. The maximum absolute atomic E-state index is 15.2. The molecule has 2 heterocycles. The molecule has 4 aromatic rings. The molecule has 1 unspecified atom stereocenters. The Morgan fingerprint density at radius 1 is 0.800 bits per heavy atom. The summed E-state index contributed by atoms with van der Waals surface area (Å²) in [4.78, 5) is 61.2. The Hall–Kier alpha value is -4.84. The van der Waals surface area contributed by atoms with Crippen LogP contribution in [0.2, 0.25) is 0 Å². The third-order valence-corrected chi connectivity index (χ3v) is 15.4. The summed E-state index contributed by atoms with van der Waals surface area (Å²) in [6.45, 7) is 15.5. The highest BCUT2D eigenvalue weighted by atomic mass is 32.1. The predicted molar refractivity (Wildman–Crippen MR) is 289 cm³/mol. The number of halogens is 1. The van der Waals surface area contributed by atoms with E-state index in [4.69, 9.17) is 23.7 Å². The number of nitrogens with one attached hydrogen (secondary N) is 1. The van der Waals surface area contributed by atoms with E-state index in [1.54, 1.807) is 25.2 Å². The van der Waals surface area contributed by atoms with Gasteiger partial charge in [0.15, 0.2) is 11.6 Å². The van der Waals surface area contributed by atoms with Crippen LogP contribution in [0.3, 0.4) is 0 Å². The van der Waals surface area contributed by atoms with Gasteiger partial charge >= 0.3 is 0 Å². The van der Waals surface area contributed by atoms with Crippen molar-refractivity contribution < 1.29 is 52.4 Å². The maximum Gasteiger partial charge on any atom is 0.246 e. The lowest BCUT2D eigenvalue weighted by molar-refractivity contribution is -0.137. The minimum absolute atomic E-state index is 0.0124. The van der Waals surface area contributed by atoms with Crippen LogP contribution in [0.5, 0.6) is 0 Å². The number of aromatic nitrogens is 1. The topological polar surface area (TPSA) is 163 Å². The maximum atomic E-state index is 15.2. The third-order valence-electron chi connectivity index (χ3n) is 14.5. The molecule has 1 aliphatic heterocycles. The fourth-order valence-corrected chi connectivity index (χ4v) is 11.6. The normalized spacial score (nSPS) is 20.3. The van der Waals surface area contributed by atoms with Gasteiger partial charge in [-0.15, -0.1) is 11.3 Å². The second kappa shape index (κ2) is 27.0. The summed E-state index contributed by atoms with van der Waals surface area (Å²) in [5.74, 6) is -2.08. The zero-order valence-corrected chi connectivity index (χ0v) is 45.8. The van der Waals surface area contributed by atoms with E-state index in [1.165, 1.54) is 22.3 Å². The Kier molecular flexibility index (Phi) is 20.8. The molecule has 406 valence electrons. The predicted octanol–water partition coefficient (Wildman–Crippen LogP) is 8.90. The number of alkyl halides is 1. The number of amides is 1. The fourth-order valence-electron chi connectivity index (χ4n) is 10.8. The van der Waals surface area contributed by atoms with Gasteiger partial charge in [0, 0.05) is 37.3 Å². The molecule has 1 aromatic heterocycles. The zero-order chi connectivity index (χ0) is 53.7. The number of carbonyl (C=O) groups is 4. The molecule has 2 aliphatic carbocycles. The number of aryl methyl sites for hydroxylation is 2. The van der Waals surface area contributed by atoms with Crippen molar-refractivity contribution in [3.8, 4) is 10.4 Å². The molecular formula is C60H78FN3O10S. The summed E-state index contributed by atoms with van der Waals surface area (Å²) in [5, 5.41) is 13.5. The Bertz CT molecular complexity index is 2570. The number of ketones is 3. The quantitative estimate of drug-likeness (QED) is 0.0498. The highest BCUT2D eigenvalue weighted by Crippen LogP contribution is 2.49. The van der Waals surface area contributed by atoms with E-state index in [2.05, 4.69) is 58.5 Å². The van der Waals surface area contributed by atoms with Crippen molar-refractivity contribution in [3.63, 3.8) is 0 Å². The first-order chi connectivity index (χ1) is 35.9. The van der Waals surface area contributed by atoms with E-state index < -0.39 is 41.0 Å². The molecule has 13 nitrogen and oxygen atoms in total. The highest BCUT2D eigenvalue weighted by molar-refractivity contribution is 7.13. The van der Waals surface area contributed by atoms with Gasteiger partial charge in [0.1, 0.15) is 24.7 Å². The SMILES string of the molecule is Cc1ncsc1-c1ccc(CCC(=O)[C@@H]2C[C@@H](O)CC2C(=O)[C@@H](NC(=O)COCCOCCOCCOCCOCC(=O)Cc2ccc([C@@H]3C4=C(C[C@@H](C)N3CC(C)(C)F)c3ccccc3C4)cc2)C(C)(C)C)cc1. The molecule has 1 amide bonds. The lowest BCUT2D eigenvalue weighted by atomic mass is 9.76. The Morgan fingerprint density at radius 3 is 2.01 bits per heavy atom. The largest absolute Gasteiger partial charge is 0.393 e. The van der Waals surface area contributed by atoms with E-state index in [0.29, 0.717) is 46.0 Å². The summed E-state index contributed by atoms with van der Waals surface area (Å²) in [6, 6.07) is 24.2. The van der Waals surface area contributed by atoms with Crippen LogP contribution in [-0.4, -0.2) is 135 Å². The van der Waals surface area contributed by atoms with Gasteiger partial charge in [-0.25, -0.2) is 9.37 Å². The molecule has 0 saturated heterocycles. The van der Waals surface area contributed by atoms with E-state index in [-0.39, 0.29) is 88.2 Å². The minimum Gasteiger partial charge on any atom is -0.393 e. The van der Waals surface area contributed by atoms with Crippen LogP contribution in [0.1, 0.15) is 107 Å². The molecule has 7 rings (SSSR count). The van der Waals surface area contributed by atoms with Crippen LogP contribution in [-0.2, 0) is 62.1 Å². The number of aliphatic hydroxyl groups is 1. The van der Waals surface area contributed by atoms with Gasteiger partial charge in [0.05, 0.1) is 87.1 Å². The van der Waals surface area contributed by atoms with Gasteiger partial charge < -0.3 is 34.1 Å². The molecule has 0 bridgehead atoms. The van der Waals surface area contributed by atoms with E-state index in [9.17, 15) is 24.3 Å². The van der Waals surface area contributed by atoms with Crippen molar-refractivity contribution >= 4 is 40.2 Å². The number of hydrogen-bond donors (Lipinski definition) is 2. The first-order valence-corrected chi connectivity index (χ1v) is 27.5. The second-order valence-electron chi connectivity index (χ2n) is 22.1. The minimum atomic E-state index is -1.34. The summed E-state index contributed by atoms with van der Waals surface area (Å²) in [6.07, 6.45) is 2.45. The van der Waals surface area contributed by atoms with Gasteiger partial charge in [-0.2, -0.15) is 0 Å². The molecule has 0 radical (unpaired) electrons. The van der Waals surface area contributed by atoms with Crippen molar-refractivity contribution in [2.24, 2.45) is 17.3 Å². The number of thiazole rings is 1. The van der Waals surface area contributed by atoms with E-state index >= 15 is 4.39 Å². The number of rotatable bonds is 29. The van der Waals surface area contributed by atoms with Gasteiger partial charge in [-0.3, -0.25) is 24.1 Å². The molecule has 15 heteroatoms. The van der Waals surface area contributed by atoms with Crippen molar-refractivity contribution in [1.82, 2.24) is 15.2 Å². The zero-order valence-electron chi connectivity index (χ0n) is 45.0. The number of aliphatic hydroxyl groups excluding tert-OH is 1. The number of benzene rings is 3. The van der Waals surface area contributed by atoms with Crippen molar-refractivity contribution in [1.29, 1.82) is 0 Å². The Balaban J connectivity index is 0.716. The van der Waals surface area contributed by atoms with Gasteiger partial charge in [-0.05, 0) is 110 Å². The van der Waals surface area contributed by atoms with Crippen molar-refractivity contribution in [2.75, 3.05) is 72.6 Å². The molecule has 2 N–H and O–H groups in total. The molecule has 75 heavy (non-hydrogen) atoms. The highest BCUT2D eigenvalue weighted by Gasteiger charge is 2.46. The summed E-state index contributed by atoms with van der Waals surface area (Å²) >= 11 is 1.59. The third kappa shape index (κ3) is 16.3. The summed E-state index contributed by atoms with van der Waals surface area (Å²) in [5.41, 5.74) is 10.3. The molecule has 1 saturated carbocycles. The lowest BCUT2D eigenvalue weighted by Crippen LogP contribution is -2.53. The Morgan fingerprint density at radius 2 is 1.40 bits per heavy atom. The van der Waals surface area contributed by atoms with Crippen LogP contribution >= 0.6 is 11.3 Å². The summed E-state index contributed by atoms with van der Waals surface area (Å²) in [7, 11) is 0. The molecular weight excluding hydrogens is 974 g/mol. The second-order valence-corrected chi connectivity index (χ2v) is 23.0. The first kappa shape index (κ1) is 57.9. The standard InChI is InChI=1S/C60H78FN3O10S/c1-39-30-49-48-11-9-8-10-45(48)32-51(49)55(64(39)37-60(6,7)61)43-17-14-42(15-18-43)31-47(66)35-73-28-26-71-24-22-70-23-25-72-27-29-74-36-54(68)63-58(59(3,4)5)56(69)52-34-46(65)33-50(52)53(67)21-16-41-12-19-44(20-13-41)57-40(2)62-38-75-57/h8-15,17-20,38-39,46,50,52,55,58,65H,16,21-37H2,1-7H3,(H,63,68)/t39-,46-,50-,52?,55-,58-/m1/s1. The van der Waals surface area contributed by atoms with Crippen LogP contribution in [0.25, 0.3) is 16.0 Å². The monoisotopic (exact) mass is 1050 g/mol. The smallest absolute Gasteiger partial charge is 0.246 e. The molecule has 3 aromatic carbocycles. The number of carbonyl (C=O) groups excluding carboxylic acids is 4. The van der Waals surface area contributed by atoms with Gasteiger partial charge in [0.2, 0.25) is 5.91 Å². The van der Waals surface area contributed by atoms with E-state index in [0.717, 1.165) is 45.7 Å². The number of hydrogen-bond acceptors (Lipinski definition) is 13. The Labute approximate surface area is 446 Å². The van der Waals surface area contributed by atoms with E-state index in [1.807, 2.05) is 69.6 Å². The van der Waals surface area contributed by atoms with Crippen LogP contribution in [0.4, 0.5) is 4.39 Å². The van der Waals surface area contributed by atoms with Gasteiger partial charge in [-0.1, -0.05) is 93.6 Å². The van der Waals surface area contributed by atoms with Crippen molar-refractivity contribution in [3.05, 3.63) is 117 Å². The van der Waals surface area contributed by atoms with Crippen molar-refractivity contribution in [2.45, 2.75) is 123 Å². The van der Waals surface area contributed by atoms with Crippen LogP contribution in [0, 0.1) is 24.2 Å². The summed E-state index contributed by atoms with van der Waals surface area (Å²) < 4.78 is 43.1. The van der Waals surface area contributed by atoms with Gasteiger partial charge in [0.25, 0.3) is 0 Å². The first-order valence-electron chi connectivity index (χ1n) is 26.6. The number of Topliss-reactive ketones (excluding diaryl/α,β-unsaturated/α-hetero) is 3. The number of fused-ring (bicyclic) bond motifs is 2. The lowest BCUT2D eigenvalue weighted by Gasteiger charge is -2.44. The van der Waals surface area contributed by atoms with Crippen LogP contribution < -0.4 is 5.32 Å². The van der Waals surface area contributed by atoms with Crippen LogP contribution in [0.15, 0.2) is 83.9 Å². The molecule has 3 aliphatic rings. The fraction of sp³-hybridized carbons (Fsp3) is 0.550. The number of ether oxygens (including phenoxy) is 5. The average molecular weight is 1050 g/mol. The molecule has 1 fully saturated rings.